The third kappa shape index (κ3) is 3.40. The predicted octanol–water partition coefficient (Wildman–Crippen LogP) is 4.48. The summed E-state index contributed by atoms with van der Waals surface area (Å²) in [6, 6.07) is 5.87. The lowest BCUT2D eigenvalue weighted by atomic mass is 10.0. The molecule has 2 heterocycles. The van der Waals surface area contributed by atoms with Crippen LogP contribution in [0.3, 0.4) is 0 Å². The summed E-state index contributed by atoms with van der Waals surface area (Å²) >= 11 is 1.87. The van der Waals surface area contributed by atoms with Crippen LogP contribution in [0, 0.1) is 13.8 Å². The molecule has 0 fully saturated rings. The molecule has 2 aromatic heterocycles. The van der Waals surface area contributed by atoms with Crippen molar-refractivity contribution < 1.29 is 4.79 Å². The van der Waals surface area contributed by atoms with Crippen LogP contribution in [0.1, 0.15) is 56.5 Å². The summed E-state index contributed by atoms with van der Waals surface area (Å²) in [4.78, 5) is 22.0. The summed E-state index contributed by atoms with van der Waals surface area (Å²) in [5, 5.41) is 5.41. The number of H-pyrrole nitrogens is 1. The average Bonchev–Trinajstić information content (AvgIpc) is 3.19. The van der Waals surface area contributed by atoms with E-state index in [1.807, 2.05) is 29.5 Å². The summed E-state index contributed by atoms with van der Waals surface area (Å²) in [6.45, 7) is 4.83. The molecule has 4 nitrogen and oxygen atoms in total. The van der Waals surface area contributed by atoms with Crippen molar-refractivity contribution in [2.75, 3.05) is 6.54 Å². The molecule has 4 rings (SSSR count). The van der Waals surface area contributed by atoms with Crippen LogP contribution < -0.4 is 5.32 Å². The van der Waals surface area contributed by atoms with Crippen molar-refractivity contribution >= 4 is 28.1 Å². The van der Waals surface area contributed by atoms with Crippen LogP contribution in [-0.2, 0) is 19.3 Å². The van der Waals surface area contributed by atoms with E-state index < -0.39 is 0 Å². The van der Waals surface area contributed by atoms with Gasteiger partial charge in [0.25, 0.3) is 5.91 Å². The molecule has 5 heteroatoms. The monoisotopic (exact) mass is 367 g/mol. The molecular formula is C21H25N3OS. The Labute approximate surface area is 158 Å². The van der Waals surface area contributed by atoms with Crippen LogP contribution >= 0.6 is 11.3 Å². The van der Waals surface area contributed by atoms with E-state index in [0.29, 0.717) is 6.54 Å². The predicted molar refractivity (Wildman–Crippen MR) is 107 cm³/mol. The molecule has 0 saturated heterocycles. The molecule has 26 heavy (non-hydrogen) atoms. The third-order valence-electron chi connectivity index (χ3n) is 5.31. The molecule has 0 bridgehead atoms. The zero-order chi connectivity index (χ0) is 18.1. The van der Waals surface area contributed by atoms with Crippen molar-refractivity contribution in [3.63, 3.8) is 0 Å². The zero-order valence-electron chi connectivity index (χ0n) is 15.4. The third-order valence-corrected chi connectivity index (χ3v) is 6.53. The standard InChI is InChI=1S/C21H25N3OS/c1-13-14(2)23-17-10-9-15(12-16(13)17)21(25)22-11-5-8-20-24-18-6-3-4-7-19(18)26-20/h9-10,12,23H,3-8,11H2,1-2H3,(H,22,25). The SMILES string of the molecule is Cc1[nH]c2ccc(C(=O)NCCCc3nc4c(s3)CCCC4)cc2c1C. The fourth-order valence-corrected chi connectivity index (χ4v) is 4.86. The maximum absolute atomic E-state index is 12.4. The molecule has 1 aromatic carbocycles. The van der Waals surface area contributed by atoms with Gasteiger partial charge in [-0.15, -0.1) is 11.3 Å². The number of hydrogen-bond acceptors (Lipinski definition) is 3. The first kappa shape index (κ1) is 17.3. The van der Waals surface area contributed by atoms with E-state index >= 15 is 0 Å². The van der Waals surface area contributed by atoms with Gasteiger partial charge in [0.2, 0.25) is 0 Å². The van der Waals surface area contributed by atoms with Crippen molar-refractivity contribution in [3.8, 4) is 0 Å². The number of aryl methyl sites for hydroxylation is 5. The molecule has 0 aliphatic heterocycles. The topological polar surface area (TPSA) is 57.8 Å². The Bertz CT molecular complexity index is 930. The van der Waals surface area contributed by atoms with Crippen LogP contribution in [0.15, 0.2) is 18.2 Å². The summed E-state index contributed by atoms with van der Waals surface area (Å²) in [6.07, 6.45) is 6.80. The normalized spacial score (nSPS) is 13.8. The molecule has 1 aliphatic rings. The highest BCUT2D eigenvalue weighted by atomic mass is 32.1. The summed E-state index contributed by atoms with van der Waals surface area (Å²) in [5.74, 6) is 0.00332. The van der Waals surface area contributed by atoms with E-state index in [0.717, 1.165) is 41.4 Å². The van der Waals surface area contributed by atoms with Crippen molar-refractivity contribution in [1.82, 2.24) is 15.3 Å². The molecular weight excluding hydrogens is 342 g/mol. The Morgan fingerprint density at radius 3 is 2.96 bits per heavy atom. The van der Waals surface area contributed by atoms with Crippen LogP contribution in [0.5, 0.6) is 0 Å². The second-order valence-corrected chi connectivity index (χ2v) is 8.35. The van der Waals surface area contributed by atoms with Crippen molar-refractivity contribution in [2.24, 2.45) is 0 Å². The number of aromatic amines is 1. The van der Waals surface area contributed by atoms with E-state index in [2.05, 4.69) is 24.1 Å². The van der Waals surface area contributed by atoms with Crippen molar-refractivity contribution in [3.05, 3.63) is 50.6 Å². The highest BCUT2D eigenvalue weighted by molar-refractivity contribution is 7.11. The Balaban J connectivity index is 1.32. The second kappa shape index (κ2) is 7.23. The molecule has 0 saturated carbocycles. The number of benzene rings is 1. The number of rotatable bonds is 5. The van der Waals surface area contributed by atoms with Gasteiger partial charge in [-0.25, -0.2) is 4.98 Å². The maximum Gasteiger partial charge on any atom is 0.251 e. The van der Waals surface area contributed by atoms with Gasteiger partial charge in [0.05, 0.1) is 10.7 Å². The Morgan fingerprint density at radius 1 is 1.27 bits per heavy atom. The van der Waals surface area contributed by atoms with Gasteiger partial charge in [0.1, 0.15) is 0 Å². The van der Waals surface area contributed by atoms with Crippen LogP contribution in [0.2, 0.25) is 0 Å². The van der Waals surface area contributed by atoms with E-state index in [9.17, 15) is 4.79 Å². The largest absolute Gasteiger partial charge is 0.358 e. The minimum absolute atomic E-state index is 0.00332. The van der Waals surface area contributed by atoms with Gasteiger partial charge in [-0.3, -0.25) is 4.79 Å². The summed E-state index contributed by atoms with van der Waals surface area (Å²) in [5.41, 5.74) is 5.51. The van der Waals surface area contributed by atoms with Crippen LogP contribution in [0.25, 0.3) is 10.9 Å². The average molecular weight is 368 g/mol. The van der Waals surface area contributed by atoms with Gasteiger partial charge < -0.3 is 10.3 Å². The first-order chi connectivity index (χ1) is 12.6. The number of nitrogens with zero attached hydrogens (tertiary/aromatic N) is 1. The van der Waals surface area contributed by atoms with E-state index in [4.69, 9.17) is 4.98 Å². The highest BCUT2D eigenvalue weighted by Gasteiger charge is 2.15. The molecule has 0 radical (unpaired) electrons. The number of hydrogen-bond donors (Lipinski definition) is 2. The summed E-state index contributed by atoms with van der Waals surface area (Å²) in [7, 11) is 0. The van der Waals surface area contributed by atoms with Crippen LogP contribution in [0.4, 0.5) is 0 Å². The van der Waals surface area contributed by atoms with E-state index in [1.165, 1.54) is 40.4 Å². The lowest BCUT2D eigenvalue weighted by molar-refractivity contribution is 0.0953. The van der Waals surface area contributed by atoms with Crippen molar-refractivity contribution in [1.29, 1.82) is 0 Å². The van der Waals surface area contributed by atoms with Gasteiger partial charge >= 0.3 is 0 Å². The van der Waals surface area contributed by atoms with Crippen LogP contribution in [-0.4, -0.2) is 22.4 Å². The molecule has 2 N–H and O–H groups in total. The molecule has 0 unspecified atom stereocenters. The Kier molecular flexibility index (Phi) is 4.81. The van der Waals surface area contributed by atoms with Gasteiger partial charge in [-0.1, -0.05) is 0 Å². The second-order valence-electron chi connectivity index (χ2n) is 7.18. The highest BCUT2D eigenvalue weighted by Crippen LogP contribution is 2.27. The van der Waals surface area contributed by atoms with E-state index in [1.54, 1.807) is 0 Å². The van der Waals surface area contributed by atoms with Gasteiger partial charge in [0, 0.05) is 40.0 Å². The lowest BCUT2D eigenvalue weighted by Gasteiger charge is -2.06. The van der Waals surface area contributed by atoms with Crippen molar-refractivity contribution in [2.45, 2.75) is 52.4 Å². The molecule has 0 spiro atoms. The van der Waals surface area contributed by atoms with Gasteiger partial charge in [0.15, 0.2) is 0 Å². The van der Waals surface area contributed by atoms with E-state index in [-0.39, 0.29) is 5.91 Å². The first-order valence-corrected chi connectivity index (χ1v) is 10.3. The molecule has 1 aliphatic carbocycles. The zero-order valence-corrected chi connectivity index (χ0v) is 16.3. The first-order valence-electron chi connectivity index (χ1n) is 9.46. The quantitative estimate of drug-likeness (QED) is 0.653. The summed E-state index contributed by atoms with van der Waals surface area (Å²) < 4.78 is 0. The Morgan fingerprint density at radius 2 is 2.12 bits per heavy atom. The molecule has 3 aromatic rings. The number of thiazole rings is 1. The lowest BCUT2D eigenvalue weighted by Crippen LogP contribution is -2.24. The number of fused-ring (bicyclic) bond motifs is 2. The molecule has 136 valence electrons. The Hall–Kier alpha value is -2.14. The van der Waals surface area contributed by atoms with Gasteiger partial charge in [-0.05, 0) is 69.7 Å². The fraction of sp³-hybridized carbons (Fsp3) is 0.429. The van der Waals surface area contributed by atoms with Gasteiger partial charge in [-0.2, -0.15) is 0 Å². The fourth-order valence-electron chi connectivity index (χ4n) is 3.66. The minimum atomic E-state index is 0.00332. The number of nitrogens with one attached hydrogen (secondary N) is 2. The number of amides is 1. The number of carbonyl (C=O) groups excluding carboxylic acids is 1. The smallest absolute Gasteiger partial charge is 0.251 e. The minimum Gasteiger partial charge on any atom is -0.358 e. The molecule has 1 amide bonds. The number of aromatic nitrogens is 2. The molecule has 0 atom stereocenters. The number of carbonyl (C=O) groups is 1. The maximum atomic E-state index is 12.4.